The monoisotopic (exact) mass is 186 g/mol. The van der Waals surface area contributed by atoms with Crippen molar-refractivity contribution in [3.05, 3.63) is 0 Å². The Bertz CT molecular complexity index is 157. The molecule has 0 spiro atoms. The molecule has 2 rings (SSSR count). The molecule has 0 aromatic carbocycles. The second-order valence-electron chi connectivity index (χ2n) is 4.10. The van der Waals surface area contributed by atoms with E-state index in [4.69, 9.17) is 0 Å². The van der Waals surface area contributed by atoms with E-state index in [1.807, 2.05) is 11.9 Å². The summed E-state index contributed by atoms with van der Waals surface area (Å²) >= 11 is 1.91. The Kier molecular flexibility index (Phi) is 2.63. The molecule has 0 amide bonds. The fourth-order valence-electron chi connectivity index (χ4n) is 2.35. The smallest absolute Gasteiger partial charge is 0.0122 e. The fraction of sp³-hybridized carbons (Fsp3) is 1.00. The predicted octanol–water partition coefficient (Wildman–Crippen LogP) is 1.15. The van der Waals surface area contributed by atoms with Crippen LogP contribution in [0.2, 0.25) is 0 Å². The summed E-state index contributed by atoms with van der Waals surface area (Å²) in [5.41, 5.74) is 0. The standard InChI is InChI=1S/C9H18N2S/c1-10-5-9(6-10)8-3-4-11(7-8)12-2/h8-9H,3-7H2,1-2H3. The lowest BCUT2D eigenvalue weighted by Crippen LogP contribution is -2.47. The lowest BCUT2D eigenvalue weighted by molar-refractivity contribution is 0.0885. The Morgan fingerprint density at radius 2 is 1.92 bits per heavy atom. The number of nitrogens with zero attached hydrogens (tertiary/aromatic N) is 2. The highest BCUT2D eigenvalue weighted by Crippen LogP contribution is 2.32. The molecule has 3 heteroatoms. The number of hydrogen-bond acceptors (Lipinski definition) is 3. The van der Waals surface area contributed by atoms with Crippen LogP contribution < -0.4 is 0 Å². The molecular weight excluding hydrogens is 168 g/mol. The van der Waals surface area contributed by atoms with Gasteiger partial charge >= 0.3 is 0 Å². The molecule has 1 atom stereocenters. The molecule has 0 bridgehead atoms. The topological polar surface area (TPSA) is 6.48 Å². The summed E-state index contributed by atoms with van der Waals surface area (Å²) in [7, 11) is 2.22. The van der Waals surface area contributed by atoms with Gasteiger partial charge in [0.1, 0.15) is 0 Å². The van der Waals surface area contributed by atoms with Gasteiger partial charge in [-0.1, -0.05) is 11.9 Å². The van der Waals surface area contributed by atoms with E-state index in [2.05, 4.69) is 22.5 Å². The molecule has 0 radical (unpaired) electrons. The van der Waals surface area contributed by atoms with E-state index in [1.54, 1.807) is 0 Å². The normalized spacial score (nSPS) is 34.0. The zero-order chi connectivity index (χ0) is 8.55. The molecule has 1 unspecified atom stereocenters. The van der Waals surface area contributed by atoms with Crippen LogP contribution in [0.5, 0.6) is 0 Å². The second kappa shape index (κ2) is 3.56. The number of hydrogen-bond donors (Lipinski definition) is 0. The Morgan fingerprint density at radius 1 is 1.17 bits per heavy atom. The molecule has 2 fully saturated rings. The van der Waals surface area contributed by atoms with Crippen molar-refractivity contribution in [2.75, 3.05) is 39.5 Å². The first-order valence-electron chi connectivity index (χ1n) is 4.77. The first-order chi connectivity index (χ1) is 5.79. The molecule has 0 N–H and O–H groups in total. The molecule has 0 aliphatic carbocycles. The van der Waals surface area contributed by atoms with Crippen molar-refractivity contribution >= 4 is 11.9 Å². The van der Waals surface area contributed by atoms with E-state index < -0.39 is 0 Å². The van der Waals surface area contributed by atoms with Crippen LogP contribution in [0.4, 0.5) is 0 Å². The number of rotatable bonds is 2. The summed E-state index contributed by atoms with van der Waals surface area (Å²) in [6, 6.07) is 0. The van der Waals surface area contributed by atoms with Crippen molar-refractivity contribution in [1.82, 2.24) is 9.21 Å². The van der Waals surface area contributed by atoms with Gasteiger partial charge in [-0.15, -0.1) is 0 Å². The SMILES string of the molecule is CSN1CCC(C2CN(C)C2)C1. The first-order valence-corrected chi connectivity index (χ1v) is 5.95. The van der Waals surface area contributed by atoms with E-state index in [9.17, 15) is 0 Å². The van der Waals surface area contributed by atoms with Crippen LogP contribution in [0.3, 0.4) is 0 Å². The molecule has 12 heavy (non-hydrogen) atoms. The van der Waals surface area contributed by atoms with Crippen LogP contribution in [-0.2, 0) is 0 Å². The van der Waals surface area contributed by atoms with Gasteiger partial charge in [-0.3, -0.25) is 4.31 Å². The van der Waals surface area contributed by atoms with Crippen LogP contribution in [-0.4, -0.2) is 48.7 Å². The molecular formula is C9H18N2S. The maximum absolute atomic E-state index is 2.50. The summed E-state index contributed by atoms with van der Waals surface area (Å²) in [4.78, 5) is 2.42. The Balaban J connectivity index is 1.76. The minimum absolute atomic E-state index is 0.994. The molecule has 0 aromatic rings. The fourth-order valence-corrected chi connectivity index (χ4v) is 2.98. The van der Waals surface area contributed by atoms with Gasteiger partial charge in [-0.2, -0.15) is 0 Å². The Labute approximate surface area is 79.4 Å². The molecule has 70 valence electrons. The lowest BCUT2D eigenvalue weighted by Gasteiger charge is -2.40. The third-order valence-electron chi connectivity index (χ3n) is 3.20. The van der Waals surface area contributed by atoms with Gasteiger partial charge in [0.2, 0.25) is 0 Å². The highest BCUT2D eigenvalue weighted by Gasteiger charge is 2.35. The van der Waals surface area contributed by atoms with Crippen LogP contribution in [0.25, 0.3) is 0 Å². The highest BCUT2D eigenvalue weighted by atomic mass is 32.2. The molecule has 0 saturated carbocycles. The first kappa shape index (κ1) is 8.85. The van der Waals surface area contributed by atoms with E-state index in [-0.39, 0.29) is 0 Å². The van der Waals surface area contributed by atoms with Crippen molar-refractivity contribution in [3.8, 4) is 0 Å². The minimum atomic E-state index is 0.994. The van der Waals surface area contributed by atoms with Crippen molar-refractivity contribution in [1.29, 1.82) is 0 Å². The number of likely N-dealkylation sites (tertiary alicyclic amines) is 1. The minimum Gasteiger partial charge on any atom is -0.306 e. The Hall–Kier alpha value is 0.270. The van der Waals surface area contributed by atoms with E-state index in [0.29, 0.717) is 0 Å². The highest BCUT2D eigenvalue weighted by molar-refractivity contribution is 7.96. The van der Waals surface area contributed by atoms with Gasteiger partial charge in [0, 0.05) is 26.2 Å². The second-order valence-corrected chi connectivity index (χ2v) is 4.98. The maximum Gasteiger partial charge on any atom is 0.0122 e. The summed E-state index contributed by atoms with van der Waals surface area (Å²) < 4.78 is 2.50. The largest absolute Gasteiger partial charge is 0.306 e. The third-order valence-corrected chi connectivity index (χ3v) is 4.05. The van der Waals surface area contributed by atoms with Gasteiger partial charge in [0.15, 0.2) is 0 Å². The zero-order valence-electron chi connectivity index (χ0n) is 7.99. The van der Waals surface area contributed by atoms with Gasteiger partial charge in [0.05, 0.1) is 0 Å². The molecule has 0 aromatic heterocycles. The van der Waals surface area contributed by atoms with Gasteiger partial charge < -0.3 is 4.90 Å². The molecule has 2 heterocycles. The van der Waals surface area contributed by atoms with Gasteiger partial charge in [-0.05, 0) is 31.6 Å². The van der Waals surface area contributed by atoms with Crippen LogP contribution in [0.1, 0.15) is 6.42 Å². The van der Waals surface area contributed by atoms with Crippen LogP contribution >= 0.6 is 11.9 Å². The van der Waals surface area contributed by atoms with Crippen LogP contribution in [0, 0.1) is 11.8 Å². The predicted molar refractivity (Wildman–Crippen MR) is 54.2 cm³/mol. The van der Waals surface area contributed by atoms with Crippen molar-refractivity contribution in [2.24, 2.45) is 11.8 Å². The average molecular weight is 186 g/mol. The van der Waals surface area contributed by atoms with Crippen molar-refractivity contribution in [3.63, 3.8) is 0 Å². The quantitative estimate of drug-likeness (QED) is 0.597. The summed E-state index contributed by atoms with van der Waals surface area (Å²) in [6.45, 7) is 5.32. The van der Waals surface area contributed by atoms with E-state index >= 15 is 0 Å². The zero-order valence-corrected chi connectivity index (χ0v) is 8.81. The molecule has 2 aliphatic rings. The third kappa shape index (κ3) is 1.63. The van der Waals surface area contributed by atoms with Gasteiger partial charge in [-0.25, -0.2) is 0 Å². The van der Waals surface area contributed by atoms with E-state index in [1.165, 1.54) is 32.6 Å². The summed E-state index contributed by atoms with van der Waals surface area (Å²) in [6.07, 6.45) is 3.62. The molecule has 2 aliphatic heterocycles. The lowest BCUT2D eigenvalue weighted by atomic mass is 9.86. The molecule has 2 saturated heterocycles. The van der Waals surface area contributed by atoms with Crippen LogP contribution in [0.15, 0.2) is 0 Å². The van der Waals surface area contributed by atoms with E-state index in [0.717, 1.165) is 11.8 Å². The summed E-state index contributed by atoms with van der Waals surface area (Å²) in [5.74, 6) is 2.00. The molecule has 2 nitrogen and oxygen atoms in total. The van der Waals surface area contributed by atoms with Gasteiger partial charge in [0.25, 0.3) is 0 Å². The average Bonchev–Trinajstić information content (AvgIpc) is 2.46. The maximum atomic E-state index is 2.50. The van der Waals surface area contributed by atoms with Crippen molar-refractivity contribution in [2.45, 2.75) is 6.42 Å². The summed E-state index contributed by atoms with van der Waals surface area (Å²) in [5, 5.41) is 0. The Morgan fingerprint density at radius 3 is 2.42 bits per heavy atom. The van der Waals surface area contributed by atoms with Crippen molar-refractivity contribution < 1.29 is 0 Å².